The Balaban J connectivity index is 1.42. The standard InChI is InChI=1S/C34H40ClN6O4Si/c1-4-27-25(20-36)33(37-23-8-9-30(26(35)17-23)45-34(46)22-10-16-43-21-22)24-18-29(31(44-5-2)19-28(24)38-27)39-32(42)7-6-11-41-14-12-40(3)13-15-41/h6-9,17-19,22,34H,4-5,10-16,21H2,1-3H3,(H,37,38)(H,39,42)/b7-6+/t22-,34?/m0/s1. The number of nitrogens with one attached hydrogen (secondary N) is 2. The molecule has 3 heterocycles. The van der Waals surface area contributed by atoms with Gasteiger partial charge in [-0.3, -0.25) is 14.7 Å². The Hall–Kier alpha value is -3.66. The third-order valence-corrected chi connectivity index (χ3v) is 9.13. The number of aryl methyl sites for hydroxylation is 1. The second kappa shape index (κ2) is 15.8. The number of amides is 1. The predicted octanol–water partition coefficient (Wildman–Crippen LogP) is 5.12. The summed E-state index contributed by atoms with van der Waals surface area (Å²) >= 11 is 6.66. The van der Waals surface area contributed by atoms with Gasteiger partial charge in [-0.05, 0) is 51.1 Å². The number of nitrogens with zero attached hydrogens (tertiary/aromatic N) is 4. The Morgan fingerprint density at radius 2 is 2.04 bits per heavy atom. The summed E-state index contributed by atoms with van der Waals surface area (Å²) < 4.78 is 17.5. The Kier molecular flexibility index (Phi) is 11.5. The van der Waals surface area contributed by atoms with Gasteiger partial charge >= 0.3 is 0 Å². The fourth-order valence-electron chi connectivity index (χ4n) is 5.58. The number of anilines is 3. The van der Waals surface area contributed by atoms with E-state index in [-0.39, 0.29) is 17.6 Å². The number of hydrogen-bond donors (Lipinski definition) is 2. The molecule has 0 bridgehead atoms. The van der Waals surface area contributed by atoms with Gasteiger partial charge in [0, 0.05) is 68.5 Å². The van der Waals surface area contributed by atoms with Crippen molar-refractivity contribution in [2.75, 3.05) is 70.2 Å². The van der Waals surface area contributed by atoms with Gasteiger partial charge in [0.1, 0.15) is 17.6 Å². The highest BCUT2D eigenvalue weighted by Crippen LogP contribution is 2.39. The van der Waals surface area contributed by atoms with Crippen LogP contribution >= 0.6 is 11.6 Å². The number of fused-ring (bicyclic) bond motifs is 1. The minimum absolute atomic E-state index is 0.227. The van der Waals surface area contributed by atoms with E-state index in [0.717, 1.165) is 39.2 Å². The van der Waals surface area contributed by atoms with Crippen molar-refractivity contribution < 1.29 is 19.0 Å². The molecule has 2 aliphatic heterocycles. The number of hydrogen-bond acceptors (Lipinski definition) is 9. The third-order valence-electron chi connectivity index (χ3n) is 8.24. The van der Waals surface area contributed by atoms with Gasteiger partial charge in [0.15, 0.2) is 0 Å². The SMILES string of the molecule is CCOc1cc2nc(CC)c(C#N)c(Nc3ccc(OC([Si])[C@H]4CCOC4)c(Cl)c3)c2cc1NC(=O)/C=C/CN1CCN(C)CC1. The molecule has 1 aromatic heterocycles. The van der Waals surface area contributed by atoms with E-state index < -0.39 is 0 Å². The van der Waals surface area contributed by atoms with Gasteiger partial charge in [0.05, 0.1) is 62.4 Å². The summed E-state index contributed by atoms with van der Waals surface area (Å²) in [5.41, 5.74) is 3.20. The van der Waals surface area contributed by atoms with E-state index in [0.29, 0.717) is 81.9 Å². The average molecular weight is 660 g/mol. The summed E-state index contributed by atoms with van der Waals surface area (Å²) in [6.45, 7) is 10.3. The van der Waals surface area contributed by atoms with Crippen LogP contribution in [0.2, 0.25) is 5.02 Å². The lowest BCUT2D eigenvalue weighted by molar-refractivity contribution is -0.111. The number of carbonyl (C=O) groups excluding carboxylic acids is 1. The summed E-state index contributed by atoms with van der Waals surface area (Å²) in [5, 5.41) is 17.7. The molecule has 0 saturated carbocycles. The lowest BCUT2D eigenvalue weighted by Crippen LogP contribution is -2.44. The fourth-order valence-corrected chi connectivity index (χ4v) is 6.19. The summed E-state index contributed by atoms with van der Waals surface area (Å²) in [7, 11) is 5.79. The van der Waals surface area contributed by atoms with Gasteiger partial charge in [-0.15, -0.1) is 0 Å². The number of halogens is 1. The number of aromatic nitrogens is 1. The first-order chi connectivity index (χ1) is 22.3. The van der Waals surface area contributed by atoms with Gasteiger partial charge in [-0.1, -0.05) is 24.6 Å². The van der Waals surface area contributed by atoms with E-state index in [4.69, 9.17) is 30.8 Å². The largest absolute Gasteiger partial charge is 0.493 e. The molecule has 1 unspecified atom stereocenters. The Morgan fingerprint density at radius 3 is 2.72 bits per heavy atom. The zero-order valence-electron chi connectivity index (χ0n) is 26.6. The molecule has 10 nitrogen and oxygen atoms in total. The van der Waals surface area contributed by atoms with Gasteiger partial charge < -0.3 is 29.7 Å². The molecular weight excluding hydrogens is 620 g/mol. The van der Waals surface area contributed by atoms with E-state index in [9.17, 15) is 10.1 Å². The second-order valence-electron chi connectivity index (χ2n) is 11.5. The fraction of sp³-hybridized carbons (Fsp3) is 0.441. The van der Waals surface area contributed by atoms with E-state index in [2.05, 4.69) is 43.8 Å². The van der Waals surface area contributed by atoms with Gasteiger partial charge in [0.25, 0.3) is 0 Å². The van der Waals surface area contributed by atoms with Crippen molar-refractivity contribution >= 4 is 55.7 Å². The van der Waals surface area contributed by atoms with Crippen molar-refractivity contribution in [1.82, 2.24) is 14.8 Å². The molecule has 2 fully saturated rings. The first kappa shape index (κ1) is 33.7. The average Bonchev–Trinajstić information content (AvgIpc) is 3.59. The molecule has 46 heavy (non-hydrogen) atoms. The van der Waals surface area contributed by atoms with Crippen LogP contribution in [0.15, 0.2) is 42.5 Å². The quantitative estimate of drug-likeness (QED) is 0.202. The highest BCUT2D eigenvalue weighted by Gasteiger charge is 2.25. The summed E-state index contributed by atoms with van der Waals surface area (Å²) in [6.07, 6.45) is 4.91. The summed E-state index contributed by atoms with van der Waals surface area (Å²) in [5.74, 6) is 1.02. The highest BCUT2D eigenvalue weighted by molar-refractivity contribution is 6.32. The molecule has 5 rings (SSSR count). The van der Waals surface area contributed by atoms with Gasteiger partial charge in [-0.25, -0.2) is 0 Å². The molecule has 241 valence electrons. The van der Waals surface area contributed by atoms with Crippen LogP contribution < -0.4 is 20.1 Å². The third kappa shape index (κ3) is 8.18. The van der Waals surface area contributed by atoms with Crippen LogP contribution in [0.4, 0.5) is 17.1 Å². The number of likely N-dealkylation sites (N-methyl/N-ethyl adjacent to an activating group) is 1. The minimum Gasteiger partial charge on any atom is -0.493 e. The van der Waals surface area contributed by atoms with Crippen molar-refractivity contribution in [3.8, 4) is 17.6 Å². The van der Waals surface area contributed by atoms with Crippen LogP contribution in [0.1, 0.15) is 31.5 Å². The highest BCUT2D eigenvalue weighted by atomic mass is 35.5. The number of pyridine rings is 1. The van der Waals surface area contributed by atoms with Crippen LogP contribution in [0, 0.1) is 17.2 Å². The second-order valence-corrected chi connectivity index (χ2v) is 12.5. The summed E-state index contributed by atoms with van der Waals surface area (Å²) in [4.78, 5) is 22.4. The first-order valence-electron chi connectivity index (χ1n) is 15.7. The van der Waals surface area contributed by atoms with Crippen molar-refractivity contribution in [1.29, 1.82) is 5.26 Å². The number of piperazine rings is 1. The Bertz CT molecular complexity index is 1620. The van der Waals surface area contributed by atoms with E-state index in [1.54, 1.807) is 30.3 Å². The molecule has 12 heteroatoms. The lowest BCUT2D eigenvalue weighted by atomic mass is 10.0. The van der Waals surface area contributed by atoms with Crippen LogP contribution in [-0.2, 0) is 16.0 Å². The molecule has 3 radical (unpaired) electrons. The van der Waals surface area contributed by atoms with Crippen molar-refractivity contribution in [2.24, 2.45) is 5.92 Å². The zero-order valence-corrected chi connectivity index (χ0v) is 28.3. The smallest absolute Gasteiger partial charge is 0.248 e. The van der Waals surface area contributed by atoms with E-state index in [1.807, 2.05) is 26.0 Å². The molecule has 2 N–H and O–H groups in total. The van der Waals surface area contributed by atoms with Crippen molar-refractivity contribution in [3.05, 3.63) is 58.8 Å². The topological polar surface area (TPSA) is 112 Å². The molecule has 2 aromatic carbocycles. The minimum atomic E-state index is -0.265. The van der Waals surface area contributed by atoms with E-state index in [1.165, 1.54) is 0 Å². The van der Waals surface area contributed by atoms with Crippen LogP contribution in [-0.4, -0.2) is 96.3 Å². The summed E-state index contributed by atoms with van der Waals surface area (Å²) in [6, 6.07) is 11.4. The monoisotopic (exact) mass is 659 g/mol. The number of carbonyl (C=O) groups is 1. The molecule has 0 aliphatic carbocycles. The van der Waals surface area contributed by atoms with E-state index >= 15 is 0 Å². The molecule has 0 spiro atoms. The van der Waals surface area contributed by atoms with Crippen molar-refractivity contribution in [2.45, 2.75) is 32.4 Å². The van der Waals surface area contributed by atoms with Crippen molar-refractivity contribution in [3.63, 3.8) is 0 Å². The van der Waals surface area contributed by atoms with Gasteiger partial charge in [-0.2, -0.15) is 5.26 Å². The maximum absolute atomic E-state index is 13.0. The van der Waals surface area contributed by atoms with Crippen LogP contribution in [0.5, 0.6) is 11.5 Å². The predicted molar refractivity (Wildman–Crippen MR) is 183 cm³/mol. The number of benzene rings is 2. The lowest BCUT2D eigenvalue weighted by Gasteiger charge is -2.31. The zero-order chi connectivity index (χ0) is 32.6. The number of nitriles is 1. The van der Waals surface area contributed by atoms with Crippen LogP contribution in [0.25, 0.3) is 10.9 Å². The molecular formula is C34H40ClN6O4Si. The maximum atomic E-state index is 13.0. The maximum Gasteiger partial charge on any atom is 0.248 e. The van der Waals surface area contributed by atoms with Crippen LogP contribution in [0.3, 0.4) is 0 Å². The molecule has 2 aliphatic rings. The normalized spacial score (nSPS) is 18.0. The molecule has 1 amide bonds. The molecule has 2 atom stereocenters. The number of ether oxygens (including phenoxy) is 3. The Labute approximate surface area is 279 Å². The first-order valence-corrected chi connectivity index (χ1v) is 16.7. The number of rotatable bonds is 12. The Morgan fingerprint density at radius 1 is 1.24 bits per heavy atom. The van der Waals surface area contributed by atoms with Gasteiger partial charge in [0.2, 0.25) is 5.91 Å². The molecule has 3 aromatic rings. The molecule has 2 saturated heterocycles.